The smallest absolute Gasteiger partial charge is 0.254 e. The van der Waals surface area contributed by atoms with Gasteiger partial charge in [-0.1, -0.05) is 6.07 Å². The summed E-state index contributed by atoms with van der Waals surface area (Å²) < 4.78 is 10.8. The summed E-state index contributed by atoms with van der Waals surface area (Å²) in [6.45, 7) is 6.27. The zero-order chi connectivity index (χ0) is 18.7. The molecule has 0 radical (unpaired) electrons. The van der Waals surface area contributed by atoms with Gasteiger partial charge >= 0.3 is 0 Å². The van der Waals surface area contributed by atoms with Gasteiger partial charge in [0.2, 0.25) is 5.91 Å². The first kappa shape index (κ1) is 18.7. The molecular weight excluding hydrogens is 332 g/mol. The molecule has 2 amide bonds. The Morgan fingerprint density at radius 2 is 2.04 bits per heavy atom. The van der Waals surface area contributed by atoms with Crippen LogP contribution in [0, 0.1) is 11.3 Å². The van der Waals surface area contributed by atoms with Gasteiger partial charge < -0.3 is 19.7 Å². The second-order valence-electron chi connectivity index (χ2n) is 7.61. The van der Waals surface area contributed by atoms with Gasteiger partial charge in [0.15, 0.2) is 0 Å². The molecule has 2 saturated heterocycles. The second kappa shape index (κ2) is 7.66. The molecule has 0 saturated carbocycles. The molecule has 2 aliphatic rings. The van der Waals surface area contributed by atoms with Crippen molar-refractivity contribution >= 4 is 11.8 Å². The Balaban J connectivity index is 1.83. The first-order valence-corrected chi connectivity index (χ1v) is 9.27. The van der Waals surface area contributed by atoms with Gasteiger partial charge in [0.1, 0.15) is 5.75 Å². The summed E-state index contributed by atoms with van der Waals surface area (Å²) in [5.41, 5.74) is 0.405. The van der Waals surface area contributed by atoms with Crippen LogP contribution in [0.25, 0.3) is 0 Å². The molecule has 1 aromatic carbocycles. The molecule has 2 aliphatic heterocycles. The van der Waals surface area contributed by atoms with Gasteiger partial charge in [-0.25, -0.2) is 0 Å². The Bertz CT molecular complexity index is 668. The largest absolute Gasteiger partial charge is 0.497 e. The molecule has 0 aliphatic carbocycles. The Morgan fingerprint density at radius 1 is 1.31 bits per heavy atom. The van der Waals surface area contributed by atoms with Gasteiger partial charge in [-0.2, -0.15) is 0 Å². The van der Waals surface area contributed by atoms with E-state index in [0.717, 1.165) is 12.8 Å². The Hall–Kier alpha value is -2.08. The first-order valence-electron chi connectivity index (χ1n) is 9.27. The van der Waals surface area contributed by atoms with E-state index in [-0.39, 0.29) is 29.2 Å². The molecule has 1 unspecified atom stereocenters. The van der Waals surface area contributed by atoms with Crippen molar-refractivity contribution in [3.63, 3.8) is 0 Å². The molecule has 142 valence electrons. The van der Waals surface area contributed by atoms with Crippen molar-refractivity contribution < 1.29 is 19.1 Å². The van der Waals surface area contributed by atoms with Crippen molar-refractivity contribution in [2.24, 2.45) is 11.3 Å². The van der Waals surface area contributed by atoms with Gasteiger partial charge in [0.05, 0.1) is 13.0 Å². The van der Waals surface area contributed by atoms with E-state index in [0.29, 0.717) is 37.6 Å². The quantitative estimate of drug-likeness (QED) is 0.893. The average molecular weight is 360 g/mol. The molecule has 0 aromatic heterocycles. The third-order valence-corrected chi connectivity index (χ3v) is 5.49. The maximum Gasteiger partial charge on any atom is 0.254 e. The number of carbonyl (C=O) groups excluding carboxylic acids is 2. The fourth-order valence-corrected chi connectivity index (χ4v) is 4.09. The van der Waals surface area contributed by atoms with Crippen LogP contribution >= 0.6 is 0 Å². The van der Waals surface area contributed by atoms with E-state index in [4.69, 9.17) is 9.47 Å². The third-order valence-electron chi connectivity index (χ3n) is 5.49. The highest BCUT2D eigenvalue weighted by atomic mass is 16.5. The molecule has 0 bridgehead atoms. The number of likely N-dealkylation sites (tertiary alicyclic amines) is 1. The Kier molecular flexibility index (Phi) is 5.51. The summed E-state index contributed by atoms with van der Waals surface area (Å²) >= 11 is 0. The maximum atomic E-state index is 13.0. The van der Waals surface area contributed by atoms with Crippen LogP contribution in [-0.4, -0.2) is 56.2 Å². The number of methoxy groups -OCH3 is 1. The van der Waals surface area contributed by atoms with Gasteiger partial charge in [0, 0.05) is 43.3 Å². The van der Waals surface area contributed by atoms with Crippen molar-refractivity contribution in [1.29, 1.82) is 0 Å². The number of hydrogen-bond acceptors (Lipinski definition) is 4. The molecule has 1 aromatic rings. The number of nitrogens with zero attached hydrogens (tertiary/aromatic N) is 1. The number of carbonyl (C=O) groups is 2. The number of ether oxygens (including phenoxy) is 2. The third kappa shape index (κ3) is 3.70. The molecular formula is C20H28N2O4. The van der Waals surface area contributed by atoms with E-state index >= 15 is 0 Å². The van der Waals surface area contributed by atoms with Crippen molar-refractivity contribution in [3.8, 4) is 5.75 Å². The van der Waals surface area contributed by atoms with Gasteiger partial charge in [-0.05, 0) is 44.9 Å². The molecule has 6 heteroatoms. The van der Waals surface area contributed by atoms with E-state index in [1.807, 2.05) is 30.9 Å². The minimum absolute atomic E-state index is 0.0443. The number of benzene rings is 1. The SMILES string of the molecule is COc1cccc(C(=O)N2CC(C(=O)NC(C)C)C3(CCOCC3)C2)c1. The van der Waals surface area contributed by atoms with Gasteiger partial charge in [-0.3, -0.25) is 9.59 Å². The minimum atomic E-state index is -0.191. The number of rotatable bonds is 4. The van der Waals surface area contributed by atoms with Crippen LogP contribution in [0.1, 0.15) is 37.0 Å². The first-order chi connectivity index (χ1) is 12.4. The zero-order valence-corrected chi connectivity index (χ0v) is 15.8. The Labute approximate surface area is 154 Å². The lowest BCUT2D eigenvalue weighted by molar-refractivity contribution is -0.130. The van der Waals surface area contributed by atoms with Crippen LogP contribution in [0.4, 0.5) is 0 Å². The monoisotopic (exact) mass is 360 g/mol. The van der Waals surface area contributed by atoms with Gasteiger partial charge in [-0.15, -0.1) is 0 Å². The topological polar surface area (TPSA) is 67.9 Å². The summed E-state index contributed by atoms with van der Waals surface area (Å²) in [6, 6.07) is 7.26. The van der Waals surface area contributed by atoms with Crippen LogP contribution in [0.5, 0.6) is 5.75 Å². The van der Waals surface area contributed by atoms with Crippen molar-refractivity contribution in [3.05, 3.63) is 29.8 Å². The normalized spacial score (nSPS) is 21.8. The predicted octanol–water partition coefficient (Wildman–Crippen LogP) is 2.09. The van der Waals surface area contributed by atoms with Crippen LogP contribution in [0.3, 0.4) is 0 Å². The van der Waals surface area contributed by atoms with E-state index in [9.17, 15) is 9.59 Å². The van der Waals surface area contributed by atoms with E-state index in [1.165, 1.54) is 0 Å². The molecule has 2 heterocycles. The second-order valence-corrected chi connectivity index (χ2v) is 7.61. The fourth-order valence-electron chi connectivity index (χ4n) is 4.09. The van der Waals surface area contributed by atoms with Crippen LogP contribution in [0.2, 0.25) is 0 Å². The summed E-state index contributed by atoms with van der Waals surface area (Å²) in [7, 11) is 1.59. The highest BCUT2D eigenvalue weighted by molar-refractivity contribution is 5.95. The van der Waals surface area contributed by atoms with Crippen LogP contribution < -0.4 is 10.1 Å². The van der Waals surface area contributed by atoms with Crippen LogP contribution in [0.15, 0.2) is 24.3 Å². The predicted molar refractivity (Wildman–Crippen MR) is 98.2 cm³/mol. The molecule has 2 fully saturated rings. The highest BCUT2D eigenvalue weighted by Crippen LogP contribution is 2.44. The summed E-state index contributed by atoms with van der Waals surface area (Å²) in [4.78, 5) is 27.7. The number of nitrogens with one attached hydrogen (secondary N) is 1. The van der Waals surface area contributed by atoms with Crippen molar-refractivity contribution in [1.82, 2.24) is 10.2 Å². The minimum Gasteiger partial charge on any atom is -0.497 e. The molecule has 3 rings (SSSR count). The highest BCUT2D eigenvalue weighted by Gasteiger charge is 2.51. The standard InChI is InChI=1S/C20H28N2O4/c1-14(2)21-18(23)17-12-22(13-20(17)7-9-26-10-8-20)19(24)15-5-4-6-16(11-15)25-3/h4-6,11,14,17H,7-10,12-13H2,1-3H3,(H,21,23). The number of hydrogen-bond donors (Lipinski definition) is 1. The Morgan fingerprint density at radius 3 is 2.69 bits per heavy atom. The zero-order valence-electron chi connectivity index (χ0n) is 15.8. The molecule has 1 spiro atoms. The molecule has 1 N–H and O–H groups in total. The lowest BCUT2D eigenvalue weighted by Gasteiger charge is -2.37. The summed E-state index contributed by atoms with van der Waals surface area (Å²) in [5.74, 6) is 0.464. The molecule has 1 atom stereocenters. The van der Waals surface area contributed by atoms with Crippen LogP contribution in [-0.2, 0) is 9.53 Å². The summed E-state index contributed by atoms with van der Waals surface area (Å²) in [6.07, 6.45) is 1.62. The maximum absolute atomic E-state index is 13.0. The fraction of sp³-hybridized carbons (Fsp3) is 0.600. The average Bonchev–Trinajstić information content (AvgIpc) is 3.00. The lowest BCUT2D eigenvalue weighted by atomic mass is 9.71. The lowest BCUT2D eigenvalue weighted by Crippen LogP contribution is -2.46. The molecule has 6 nitrogen and oxygen atoms in total. The summed E-state index contributed by atoms with van der Waals surface area (Å²) in [5, 5.41) is 3.04. The van der Waals surface area contributed by atoms with Crippen molar-refractivity contribution in [2.75, 3.05) is 33.4 Å². The van der Waals surface area contributed by atoms with Crippen molar-refractivity contribution in [2.45, 2.75) is 32.7 Å². The van der Waals surface area contributed by atoms with Gasteiger partial charge in [0.25, 0.3) is 5.91 Å². The number of amides is 2. The van der Waals surface area contributed by atoms with E-state index < -0.39 is 0 Å². The van der Waals surface area contributed by atoms with E-state index in [2.05, 4.69) is 5.32 Å². The van der Waals surface area contributed by atoms with E-state index in [1.54, 1.807) is 19.2 Å². The molecule has 26 heavy (non-hydrogen) atoms.